The maximum Gasteiger partial charge on any atom is 0.119 e. The van der Waals surface area contributed by atoms with Gasteiger partial charge in [0.25, 0.3) is 0 Å². The average molecular weight is 310 g/mol. The quantitative estimate of drug-likeness (QED) is 0.757. The Kier molecular flexibility index (Phi) is 6.19. The van der Waals surface area contributed by atoms with Crippen molar-refractivity contribution in [3.05, 3.63) is 64.1 Å². The third-order valence-corrected chi connectivity index (χ3v) is 3.71. The van der Waals surface area contributed by atoms with Gasteiger partial charge in [-0.15, -0.1) is 0 Å². The minimum Gasteiger partial charge on any atom is -0.494 e. The zero-order chi connectivity index (χ0) is 14.2. The normalized spacial score (nSPS) is 10.5. The van der Waals surface area contributed by atoms with Crippen LogP contribution >= 0.6 is 23.2 Å². The molecule has 0 aliphatic rings. The zero-order valence-corrected chi connectivity index (χ0v) is 12.6. The summed E-state index contributed by atoms with van der Waals surface area (Å²) in [5.74, 6) is 0.908. The Bertz CT molecular complexity index is 531. The number of benzene rings is 2. The van der Waals surface area contributed by atoms with Gasteiger partial charge in [0.1, 0.15) is 5.75 Å². The molecule has 0 unspecified atom stereocenters. The van der Waals surface area contributed by atoms with E-state index in [0.717, 1.165) is 24.3 Å². The summed E-state index contributed by atoms with van der Waals surface area (Å²) in [5.41, 5.74) is 1.02. The van der Waals surface area contributed by atoms with Gasteiger partial charge in [-0.2, -0.15) is 0 Å². The summed E-state index contributed by atoms with van der Waals surface area (Å²) in [5, 5.41) is 4.56. The molecule has 0 radical (unpaired) electrons. The Morgan fingerprint density at radius 3 is 2.55 bits per heavy atom. The Balaban J connectivity index is 1.63. The molecule has 20 heavy (non-hydrogen) atoms. The van der Waals surface area contributed by atoms with Gasteiger partial charge in [0.05, 0.1) is 16.7 Å². The number of nitrogens with one attached hydrogen (secondary N) is 1. The predicted molar refractivity (Wildman–Crippen MR) is 84.7 cm³/mol. The van der Waals surface area contributed by atoms with Crippen molar-refractivity contribution in [1.29, 1.82) is 0 Å². The standard InChI is InChI=1S/C16H17Cl2NO/c17-15-9-4-6-13(16(15)18)12-19-10-5-11-20-14-7-2-1-3-8-14/h1-4,6-9,19H,5,10-12H2. The van der Waals surface area contributed by atoms with E-state index in [0.29, 0.717) is 23.2 Å². The SMILES string of the molecule is Clc1cccc(CNCCCOc2ccccc2)c1Cl. The highest BCUT2D eigenvalue weighted by Crippen LogP contribution is 2.25. The lowest BCUT2D eigenvalue weighted by atomic mass is 10.2. The van der Waals surface area contributed by atoms with Crippen molar-refractivity contribution in [2.75, 3.05) is 13.2 Å². The molecule has 0 aliphatic heterocycles. The summed E-state index contributed by atoms with van der Waals surface area (Å²) < 4.78 is 5.61. The lowest BCUT2D eigenvalue weighted by Gasteiger charge is -2.08. The van der Waals surface area contributed by atoms with Gasteiger partial charge in [-0.1, -0.05) is 53.5 Å². The summed E-state index contributed by atoms with van der Waals surface area (Å²) in [6, 6.07) is 15.5. The van der Waals surface area contributed by atoms with Gasteiger partial charge in [-0.25, -0.2) is 0 Å². The number of hydrogen-bond acceptors (Lipinski definition) is 2. The second-order valence-corrected chi connectivity index (χ2v) is 5.19. The second-order valence-electron chi connectivity index (χ2n) is 4.40. The molecule has 2 aromatic carbocycles. The molecule has 106 valence electrons. The van der Waals surface area contributed by atoms with E-state index in [-0.39, 0.29) is 0 Å². The van der Waals surface area contributed by atoms with Crippen molar-refractivity contribution >= 4 is 23.2 Å². The molecule has 2 aromatic rings. The summed E-state index contributed by atoms with van der Waals surface area (Å²) in [7, 11) is 0. The lowest BCUT2D eigenvalue weighted by molar-refractivity contribution is 0.308. The molecule has 0 aliphatic carbocycles. The van der Waals surface area contributed by atoms with Crippen molar-refractivity contribution in [2.24, 2.45) is 0 Å². The molecule has 0 spiro atoms. The van der Waals surface area contributed by atoms with E-state index >= 15 is 0 Å². The van der Waals surface area contributed by atoms with Crippen LogP contribution in [0.2, 0.25) is 10.0 Å². The van der Waals surface area contributed by atoms with Gasteiger partial charge >= 0.3 is 0 Å². The van der Waals surface area contributed by atoms with E-state index in [4.69, 9.17) is 27.9 Å². The number of hydrogen-bond donors (Lipinski definition) is 1. The summed E-state index contributed by atoms with van der Waals surface area (Å²) >= 11 is 12.1. The smallest absolute Gasteiger partial charge is 0.119 e. The van der Waals surface area contributed by atoms with Crippen molar-refractivity contribution < 1.29 is 4.74 Å². The zero-order valence-electron chi connectivity index (χ0n) is 11.1. The minimum atomic E-state index is 0.596. The van der Waals surface area contributed by atoms with E-state index in [1.54, 1.807) is 6.07 Å². The van der Waals surface area contributed by atoms with E-state index in [1.165, 1.54) is 0 Å². The molecular weight excluding hydrogens is 293 g/mol. The fraction of sp³-hybridized carbons (Fsp3) is 0.250. The van der Waals surface area contributed by atoms with Crippen molar-refractivity contribution in [1.82, 2.24) is 5.32 Å². The van der Waals surface area contributed by atoms with E-state index in [9.17, 15) is 0 Å². The molecule has 0 atom stereocenters. The molecule has 1 N–H and O–H groups in total. The van der Waals surface area contributed by atoms with Gasteiger partial charge in [0, 0.05) is 6.54 Å². The van der Waals surface area contributed by atoms with Crippen LogP contribution in [-0.4, -0.2) is 13.2 Å². The maximum atomic E-state index is 6.12. The molecular formula is C16H17Cl2NO. The minimum absolute atomic E-state index is 0.596. The second kappa shape index (κ2) is 8.15. The third kappa shape index (κ3) is 4.71. The van der Waals surface area contributed by atoms with Gasteiger partial charge in [-0.3, -0.25) is 0 Å². The van der Waals surface area contributed by atoms with Crippen LogP contribution in [0.3, 0.4) is 0 Å². The maximum absolute atomic E-state index is 6.12. The Labute approximate surface area is 129 Å². The molecule has 0 fully saturated rings. The highest BCUT2D eigenvalue weighted by Gasteiger charge is 2.03. The van der Waals surface area contributed by atoms with Crippen LogP contribution in [-0.2, 0) is 6.54 Å². The molecule has 0 heterocycles. The van der Waals surface area contributed by atoms with Gasteiger partial charge in [0.2, 0.25) is 0 Å². The van der Waals surface area contributed by atoms with Crippen LogP contribution in [0.4, 0.5) is 0 Å². The molecule has 4 heteroatoms. The summed E-state index contributed by atoms with van der Waals surface area (Å²) in [6.45, 7) is 2.28. The van der Waals surface area contributed by atoms with E-state index < -0.39 is 0 Å². The van der Waals surface area contributed by atoms with Crippen molar-refractivity contribution in [3.63, 3.8) is 0 Å². The first-order chi connectivity index (χ1) is 9.77. The molecule has 0 amide bonds. The van der Waals surface area contributed by atoms with Gasteiger partial charge in [0.15, 0.2) is 0 Å². The number of rotatable bonds is 7. The highest BCUT2D eigenvalue weighted by molar-refractivity contribution is 6.42. The number of halogens is 2. The van der Waals surface area contributed by atoms with E-state index in [1.807, 2.05) is 42.5 Å². The molecule has 0 saturated heterocycles. The molecule has 2 rings (SSSR count). The number of para-hydroxylation sites is 1. The third-order valence-electron chi connectivity index (χ3n) is 2.86. The monoisotopic (exact) mass is 309 g/mol. The van der Waals surface area contributed by atoms with Crippen molar-refractivity contribution in [3.8, 4) is 5.75 Å². The van der Waals surface area contributed by atoms with E-state index in [2.05, 4.69) is 5.32 Å². The van der Waals surface area contributed by atoms with Crippen LogP contribution in [0, 0.1) is 0 Å². The fourth-order valence-electron chi connectivity index (χ4n) is 1.81. The fourth-order valence-corrected chi connectivity index (χ4v) is 2.20. The first-order valence-corrected chi connectivity index (χ1v) is 7.34. The van der Waals surface area contributed by atoms with Gasteiger partial charge in [-0.05, 0) is 36.7 Å². The van der Waals surface area contributed by atoms with Crippen LogP contribution in [0.25, 0.3) is 0 Å². The Morgan fingerprint density at radius 1 is 0.950 bits per heavy atom. The number of ether oxygens (including phenoxy) is 1. The first-order valence-electron chi connectivity index (χ1n) is 6.59. The molecule has 0 saturated carbocycles. The van der Waals surface area contributed by atoms with Crippen LogP contribution in [0.15, 0.2) is 48.5 Å². The van der Waals surface area contributed by atoms with Crippen LogP contribution in [0.1, 0.15) is 12.0 Å². The molecule has 2 nitrogen and oxygen atoms in total. The van der Waals surface area contributed by atoms with Crippen LogP contribution < -0.4 is 10.1 Å². The lowest BCUT2D eigenvalue weighted by Crippen LogP contribution is -2.17. The van der Waals surface area contributed by atoms with Crippen LogP contribution in [0.5, 0.6) is 5.75 Å². The largest absolute Gasteiger partial charge is 0.494 e. The van der Waals surface area contributed by atoms with Gasteiger partial charge < -0.3 is 10.1 Å². The summed E-state index contributed by atoms with van der Waals surface area (Å²) in [6.07, 6.45) is 0.938. The average Bonchev–Trinajstić information content (AvgIpc) is 2.48. The highest BCUT2D eigenvalue weighted by atomic mass is 35.5. The topological polar surface area (TPSA) is 21.3 Å². The molecule has 0 bridgehead atoms. The Hall–Kier alpha value is -1.22. The van der Waals surface area contributed by atoms with Crippen molar-refractivity contribution in [2.45, 2.75) is 13.0 Å². The molecule has 0 aromatic heterocycles. The summed E-state index contributed by atoms with van der Waals surface area (Å²) in [4.78, 5) is 0. The first kappa shape index (κ1) is 15.2. The Morgan fingerprint density at radius 2 is 1.75 bits per heavy atom. The predicted octanol–water partition coefficient (Wildman–Crippen LogP) is 4.55.